The highest BCUT2D eigenvalue weighted by atomic mass is 32.2. The Morgan fingerprint density at radius 3 is 1.21 bits per heavy atom. The SMILES string of the molecule is CCCCC/C=C\C/C=C\C/C=C\C/C=C\CCCCC1(CCCC/C=C\C/C=C\C/C=C\C/C=C\CCCCC)OCC(CCCS(=O)(=O)O)O1. The van der Waals surface area contributed by atoms with Gasteiger partial charge in [0.2, 0.25) is 0 Å². The van der Waals surface area contributed by atoms with Crippen LogP contribution in [-0.4, -0.2) is 37.2 Å². The van der Waals surface area contributed by atoms with Gasteiger partial charge < -0.3 is 9.47 Å². The van der Waals surface area contributed by atoms with Crippen LogP contribution in [0.5, 0.6) is 0 Å². The number of ether oxygens (including phenoxy) is 2. The number of hydrogen-bond acceptors (Lipinski definition) is 4. The van der Waals surface area contributed by atoms with Gasteiger partial charge in [-0.25, -0.2) is 0 Å². The molecule has 1 aliphatic rings. The molecular formula is C46H76O5S. The Labute approximate surface area is 320 Å². The number of rotatable bonds is 34. The highest BCUT2D eigenvalue weighted by molar-refractivity contribution is 7.85. The molecule has 1 N–H and O–H groups in total. The summed E-state index contributed by atoms with van der Waals surface area (Å²) in [6.07, 6.45) is 61.1. The molecule has 0 bridgehead atoms. The Morgan fingerprint density at radius 2 is 0.865 bits per heavy atom. The Hall–Kier alpha value is -2.25. The summed E-state index contributed by atoms with van der Waals surface area (Å²) in [4.78, 5) is 0. The molecule has 0 aliphatic carbocycles. The molecule has 0 aromatic heterocycles. The van der Waals surface area contributed by atoms with Crippen LogP contribution in [0.1, 0.15) is 168 Å². The van der Waals surface area contributed by atoms with Gasteiger partial charge in [0, 0.05) is 12.8 Å². The van der Waals surface area contributed by atoms with Gasteiger partial charge >= 0.3 is 0 Å². The fraction of sp³-hybridized carbons (Fsp3) is 0.652. The van der Waals surface area contributed by atoms with Crippen LogP contribution in [0.25, 0.3) is 0 Å². The third kappa shape index (κ3) is 31.3. The van der Waals surface area contributed by atoms with Crippen molar-refractivity contribution in [1.29, 1.82) is 0 Å². The van der Waals surface area contributed by atoms with Gasteiger partial charge in [-0.15, -0.1) is 0 Å². The van der Waals surface area contributed by atoms with Crippen molar-refractivity contribution in [2.75, 3.05) is 12.4 Å². The number of hydrogen-bond donors (Lipinski definition) is 1. The second-order valence-corrected chi connectivity index (χ2v) is 15.6. The average molecular weight is 741 g/mol. The minimum atomic E-state index is -3.95. The zero-order valence-corrected chi connectivity index (χ0v) is 34.0. The van der Waals surface area contributed by atoms with Crippen LogP contribution >= 0.6 is 0 Å². The van der Waals surface area contributed by atoms with E-state index in [2.05, 4.69) is 111 Å². The zero-order chi connectivity index (χ0) is 37.7. The van der Waals surface area contributed by atoms with Crippen molar-refractivity contribution >= 4 is 10.1 Å². The maximum Gasteiger partial charge on any atom is 0.264 e. The normalized spacial score (nSPS) is 17.2. The van der Waals surface area contributed by atoms with E-state index in [9.17, 15) is 8.42 Å². The second kappa shape index (κ2) is 34.5. The molecule has 5 nitrogen and oxygen atoms in total. The van der Waals surface area contributed by atoms with Crippen LogP contribution in [-0.2, 0) is 19.6 Å². The molecule has 1 rings (SSSR count). The molecule has 1 saturated heterocycles. The Balaban J connectivity index is 2.31. The standard InChI is InChI=1S/C46H76O5S/c1-3-5-7-9-11-13-15-17-19-21-23-25-27-29-31-33-35-37-41-46(50-44-45(51-46)40-39-43-52(47,48)49)42-38-36-34-32-30-28-26-24-22-20-18-16-14-12-10-8-6-4-2/h11-14,17-20,23-26,29-32,45H,3-10,15-16,21-22,27-28,33-44H2,1-2H3,(H,47,48,49)/b13-11-,14-12-,19-17-,20-18-,25-23-,26-24-,31-29-,32-30-. The van der Waals surface area contributed by atoms with E-state index in [-0.39, 0.29) is 11.9 Å². The molecular weight excluding hydrogens is 665 g/mol. The second-order valence-electron chi connectivity index (χ2n) is 14.1. The molecule has 296 valence electrons. The zero-order valence-electron chi connectivity index (χ0n) is 33.2. The molecule has 0 aromatic carbocycles. The minimum Gasteiger partial charge on any atom is -0.347 e. The molecule has 1 atom stereocenters. The van der Waals surface area contributed by atoms with Crippen molar-refractivity contribution in [2.24, 2.45) is 0 Å². The van der Waals surface area contributed by atoms with Crippen LogP contribution in [0.4, 0.5) is 0 Å². The van der Waals surface area contributed by atoms with Gasteiger partial charge in [0.15, 0.2) is 5.79 Å². The van der Waals surface area contributed by atoms with Crippen LogP contribution < -0.4 is 0 Å². The fourth-order valence-electron chi connectivity index (χ4n) is 6.07. The summed E-state index contributed by atoms with van der Waals surface area (Å²) in [5.41, 5.74) is 0. The van der Waals surface area contributed by atoms with Crippen LogP contribution in [0.3, 0.4) is 0 Å². The monoisotopic (exact) mass is 741 g/mol. The Bertz CT molecular complexity index is 1110. The molecule has 0 radical (unpaired) electrons. The first-order chi connectivity index (χ1) is 25.4. The van der Waals surface area contributed by atoms with E-state index < -0.39 is 15.9 Å². The van der Waals surface area contributed by atoms with Crippen LogP contribution in [0.2, 0.25) is 0 Å². The summed E-state index contributed by atoms with van der Waals surface area (Å²) < 4.78 is 44.2. The van der Waals surface area contributed by atoms with Crippen molar-refractivity contribution in [3.63, 3.8) is 0 Å². The summed E-state index contributed by atoms with van der Waals surface area (Å²) >= 11 is 0. The summed E-state index contributed by atoms with van der Waals surface area (Å²) in [5, 5.41) is 0. The molecule has 1 fully saturated rings. The fourth-order valence-corrected chi connectivity index (χ4v) is 6.61. The number of unbranched alkanes of at least 4 members (excludes halogenated alkanes) is 10. The molecule has 0 aromatic rings. The third-order valence-electron chi connectivity index (χ3n) is 9.11. The first-order valence-corrected chi connectivity index (χ1v) is 22.5. The average Bonchev–Trinajstić information content (AvgIpc) is 3.52. The highest BCUT2D eigenvalue weighted by Crippen LogP contribution is 2.35. The lowest BCUT2D eigenvalue weighted by molar-refractivity contribution is -0.179. The van der Waals surface area contributed by atoms with Gasteiger partial charge in [0.25, 0.3) is 10.1 Å². The van der Waals surface area contributed by atoms with Gasteiger partial charge in [0.05, 0.1) is 18.5 Å². The Kier molecular flexibility index (Phi) is 31.7. The molecule has 0 amide bonds. The summed E-state index contributed by atoms with van der Waals surface area (Å²) in [6, 6.07) is 0. The topological polar surface area (TPSA) is 72.8 Å². The van der Waals surface area contributed by atoms with E-state index in [0.717, 1.165) is 89.9 Å². The van der Waals surface area contributed by atoms with E-state index in [1.165, 1.54) is 51.4 Å². The van der Waals surface area contributed by atoms with Crippen LogP contribution in [0, 0.1) is 0 Å². The van der Waals surface area contributed by atoms with Gasteiger partial charge in [-0.1, -0.05) is 137 Å². The molecule has 1 aliphatic heterocycles. The van der Waals surface area contributed by atoms with Gasteiger partial charge in [-0.2, -0.15) is 8.42 Å². The van der Waals surface area contributed by atoms with Crippen molar-refractivity contribution < 1.29 is 22.4 Å². The lowest BCUT2D eigenvalue weighted by Crippen LogP contribution is -2.31. The van der Waals surface area contributed by atoms with Crippen molar-refractivity contribution in [1.82, 2.24) is 0 Å². The largest absolute Gasteiger partial charge is 0.347 e. The number of allylic oxidation sites excluding steroid dienone is 16. The summed E-state index contributed by atoms with van der Waals surface area (Å²) in [7, 11) is -3.95. The lowest BCUT2D eigenvalue weighted by Gasteiger charge is -2.28. The highest BCUT2D eigenvalue weighted by Gasteiger charge is 2.40. The van der Waals surface area contributed by atoms with Gasteiger partial charge in [-0.05, 0) is 116 Å². The van der Waals surface area contributed by atoms with Crippen molar-refractivity contribution in [3.05, 3.63) is 97.2 Å². The smallest absolute Gasteiger partial charge is 0.264 e. The maximum absolute atomic E-state index is 11.2. The molecule has 0 spiro atoms. The molecule has 6 heteroatoms. The summed E-state index contributed by atoms with van der Waals surface area (Å²) in [6.45, 7) is 4.97. The molecule has 1 heterocycles. The van der Waals surface area contributed by atoms with Gasteiger partial charge in [0.1, 0.15) is 0 Å². The predicted octanol–water partition coefficient (Wildman–Crippen LogP) is 13.8. The van der Waals surface area contributed by atoms with Crippen molar-refractivity contribution in [2.45, 2.75) is 180 Å². The van der Waals surface area contributed by atoms with Crippen molar-refractivity contribution in [3.8, 4) is 0 Å². The Morgan fingerprint density at radius 1 is 0.519 bits per heavy atom. The van der Waals surface area contributed by atoms with E-state index in [1.54, 1.807) is 0 Å². The first-order valence-electron chi connectivity index (χ1n) is 20.9. The van der Waals surface area contributed by atoms with Crippen LogP contribution in [0.15, 0.2) is 97.2 Å². The quantitative estimate of drug-likeness (QED) is 0.0404. The summed E-state index contributed by atoms with van der Waals surface area (Å²) in [5.74, 6) is -0.817. The molecule has 0 saturated carbocycles. The molecule has 1 unspecified atom stereocenters. The molecule has 52 heavy (non-hydrogen) atoms. The van der Waals surface area contributed by atoms with E-state index in [4.69, 9.17) is 14.0 Å². The lowest BCUT2D eigenvalue weighted by atomic mass is 10.00. The van der Waals surface area contributed by atoms with E-state index in [0.29, 0.717) is 19.4 Å². The minimum absolute atomic E-state index is 0.121. The third-order valence-corrected chi connectivity index (χ3v) is 9.92. The maximum atomic E-state index is 11.2. The van der Waals surface area contributed by atoms with Gasteiger partial charge in [-0.3, -0.25) is 4.55 Å². The van der Waals surface area contributed by atoms with E-state index in [1.807, 2.05) is 0 Å². The first kappa shape index (κ1) is 47.8. The van der Waals surface area contributed by atoms with E-state index >= 15 is 0 Å². The predicted molar refractivity (Wildman–Crippen MR) is 225 cm³/mol.